The van der Waals surface area contributed by atoms with Gasteiger partial charge in [-0.05, 0) is 87.5 Å². The van der Waals surface area contributed by atoms with Gasteiger partial charge in [0.2, 0.25) is 0 Å². The summed E-state index contributed by atoms with van der Waals surface area (Å²) in [7, 11) is -2.67. The number of allylic oxidation sites excluding steroid dienone is 1. The summed E-state index contributed by atoms with van der Waals surface area (Å²) < 4.78 is 19.8. The molecule has 0 unspecified atom stereocenters. The van der Waals surface area contributed by atoms with E-state index in [1.807, 2.05) is 0 Å². The number of ether oxygens (including phenoxy) is 1. The Hall–Kier alpha value is 0.264. The molecule has 0 N–H and O–H groups in total. The molecule has 0 radical (unpaired) electrons. The van der Waals surface area contributed by atoms with Crippen LogP contribution in [-0.2, 0) is 18.4 Å². The quantitative estimate of drug-likeness (QED) is 0.119. The van der Waals surface area contributed by atoms with E-state index in [1.165, 1.54) is 12.7 Å². The van der Waals surface area contributed by atoms with Crippen molar-refractivity contribution >= 4 is 54.5 Å². The molecule has 8 heteroatoms. The zero-order chi connectivity index (χ0) is 28.0. The number of carbonyl (C=O) groups is 1. The van der Waals surface area contributed by atoms with Crippen molar-refractivity contribution in [3.05, 3.63) is 21.1 Å². The van der Waals surface area contributed by atoms with E-state index in [0.29, 0.717) is 12.8 Å². The monoisotopic (exact) mass is 654 g/mol. The van der Waals surface area contributed by atoms with E-state index in [-0.39, 0.29) is 40.1 Å². The van der Waals surface area contributed by atoms with Crippen LogP contribution in [0.15, 0.2) is 21.1 Å². The summed E-state index contributed by atoms with van der Waals surface area (Å²) in [6, 6.07) is 0. The van der Waals surface area contributed by atoms with Gasteiger partial charge in [0.1, 0.15) is 0 Å². The van der Waals surface area contributed by atoms with Crippen molar-refractivity contribution in [3.8, 4) is 0 Å². The van der Waals surface area contributed by atoms with Gasteiger partial charge in [0.15, 0.2) is 16.6 Å². The standard InChI is InChI=1S/C27H52Br2O4Si2/c1-19(16-15-17-24(30)31-10)20(2)25(33-35(13,14)27(7,8)9)21(3)22(18-23(28)29)32-34(11,12)26(4,5)6/h16,18,20-22,25H,15,17H2,1-14H3/b19-16+/t20-,21-,22+,25+/m0/s1. The zero-order valence-corrected chi connectivity index (χ0v) is 29.9. The first kappa shape index (κ1) is 35.3. The molecule has 0 aromatic rings. The fraction of sp³-hybridized carbons (Fsp3) is 0.815. The minimum Gasteiger partial charge on any atom is -0.469 e. The summed E-state index contributed by atoms with van der Waals surface area (Å²) in [5.74, 6) is 0.103. The van der Waals surface area contributed by atoms with Crippen LogP contribution >= 0.6 is 31.9 Å². The highest BCUT2D eigenvalue weighted by atomic mass is 79.9. The van der Waals surface area contributed by atoms with Gasteiger partial charge in [0.05, 0.1) is 22.7 Å². The smallest absolute Gasteiger partial charge is 0.305 e. The SMILES string of the molecule is COC(=O)CC/C=C(\C)[C@H](C)[C@@H](O[Si](C)(C)C(C)(C)C)[C@@H](C)[C@@H](C=C(Br)Br)O[Si](C)(C)C(C)(C)C. The molecule has 0 aromatic heterocycles. The highest BCUT2D eigenvalue weighted by Crippen LogP contribution is 2.43. The molecule has 35 heavy (non-hydrogen) atoms. The Kier molecular flexibility index (Phi) is 14.0. The summed E-state index contributed by atoms with van der Waals surface area (Å²) in [5, 5.41) is 0.192. The predicted molar refractivity (Wildman–Crippen MR) is 163 cm³/mol. The maximum absolute atomic E-state index is 11.6. The molecule has 0 rings (SSSR count). The molecule has 0 fully saturated rings. The molecule has 0 aliphatic carbocycles. The van der Waals surface area contributed by atoms with Gasteiger partial charge in [0, 0.05) is 18.3 Å². The van der Waals surface area contributed by atoms with Crippen LogP contribution in [0.3, 0.4) is 0 Å². The molecule has 0 aliphatic rings. The van der Waals surface area contributed by atoms with Gasteiger partial charge < -0.3 is 13.6 Å². The molecule has 0 bridgehead atoms. The van der Waals surface area contributed by atoms with Crippen molar-refractivity contribution in [1.82, 2.24) is 0 Å². The first-order chi connectivity index (χ1) is 15.6. The van der Waals surface area contributed by atoms with Crippen LogP contribution < -0.4 is 0 Å². The molecular weight excluding hydrogens is 604 g/mol. The zero-order valence-electron chi connectivity index (χ0n) is 24.8. The fourth-order valence-electron chi connectivity index (χ4n) is 3.27. The van der Waals surface area contributed by atoms with Gasteiger partial charge in [-0.15, -0.1) is 0 Å². The maximum Gasteiger partial charge on any atom is 0.305 e. The van der Waals surface area contributed by atoms with Crippen molar-refractivity contribution in [1.29, 1.82) is 0 Å². The lowest BCUT2D eigenvalue weighted by molar-refractivity contribution is -0.140. The van der Waals surface area contributed by atoms with Gasteiger partial charge in [-0.2, -0.15) is 0 Å². The molecule has 206 valence electrons. The maximum atomic E-state index is 11.6. The molecule has 0 amide bonds. The molecular formula is C27H52Br2O4Si2. The second kappa shape index (κ2) is 13.9. The number of methoxy groups -OCH3 is 1. The van der Waals surface area contributed by atoms with Crippen molar-refractivity contribution in [3.63, 3.8) is 0 Å². The van der Waals surface area contributed by atoms with Gasteiger partial charge in [-0.1, -0.05) is 67.0 Å². The van der Waals surface area contributed by atoms with Crippen LogP contribution in [0, 0.1) is 11.8 Å². The first-order valence-corrected chi connectivity index (χ1v) is 20.1. The second-order valence-corrected chi connectivity index (χ2v) is 25.1. The van der Waals surface area contributed by atoms with Crippen LogP contribution in [0.4, 0.5) is 0 Å². The third-order valence-electron chi connectivity index (χ3n) is 8.05. The first-order valence-electron chi connectivity index (χ1n) is 12.7. The van der Waals surface area contributed by atoms with Crippen molar-refractivity contribution in [2.75, 3.05) is 7.11 Å². The molecule has 0 aliphatic heterocycles. The van der Waals surface area contributed by atoms with E-state index < -0.39 is 16.6 Å². The van der Waals surface area contributed by atoms with Gasteiger partial charge in [-0.25, -0.2) is 0 Å². The summed E-state index contributed by atoms with van der Waals surface area (Å²) in [4.78, 5) is 11.6. The van der Waals surface area contributed by atoms with Crippen LogP contribution in [0.25, 0.3) is 0 Å². The van der Waals surface area contributed by atoms with Gasteiger partial charge >= 0.3 is 5.97 Å². The van der Waals surface area contributed by atoms with Crippen LogP contribution in [0.2, 0.25) is 36.3 Å². The summed E-state index contributed by atoms with van der Waals surface area (Å²) in [6.45, 7) is 29.5. The van der Waals surface area contributed by atoms with Crippen LogP contribution in [0.1, 0.15) is 75.2 Å². The Labute approximate surface area is 235 Å². The highest BCUT2D eigenvalue weighted by Gasteiger charge is 2.45. The molecule has 0 saturated carbocycles. The minimum absolute atomic E-state index is 0.0318. The number of esters is 1. The van der Waals surface area contributed by atoms with Gasteiger partial charge in [0.25, 0.3) is 0 Å². The van der Waals surface area contributed by atoms with Crippen molar-refractivity contribution < 1.29 is 18.4 Å². The third-order valence-corrected chi connectivity index (χ3v) is 17.5. The number of halogens is 2. The molecule has 0 heterocycles. The predicted octanol–water partition coefficient (Wildman–Crippen LogP) is 9.57. The Morgan fingerprint density at radius 2 is 1.37 bits per heavy atom. The third kappa shape index (κ3) is 11.3. The molecule has 4 atom stereocenters. The van der Waals surface area contributed by atoms with E-state index >= 15 is 0 Å². The van der Waals surface area contributed by atoms with Crippen LogP contribution in [-0.4, -0.2) is 41.9 Å². The lowest BCUT2D eigenvalue weighted by Gasteiger charge is -2.46. The van der Waals surface area contributed by atoms with E-state index in [4.69, 9.17) is 13.6 Å². The Balaban J connectivity index is 6.36. The van der Waals surface area contributed by atoms with E-state index in [0.717, 1.165) is 3.39 Å². The molecule has 0 spiro atoms. The van der Waals surface area contributed by atoms with E-state index in [9.17, 15) is 4.79 Å². The lowest BCUT2D eigenvalue weighted by atomic mass is 9.85. The minimum atomic E-state index is -2.07. The summed E-state index contributed by atoms with van der Waals surface area (Å²) in [6.07, 6.45) is 5.22. The normalized spacial score (nSPS) is 17.4. The molecule has 0 saturated heterocycles. The highest BCUT2D eigenvalue weighted by molar-refractivity contribution is 9.28. The lowest BCUT2D eigenvalue weighted by Crippen LogP contribution is -2.51. The van der Waals surface area contributed by atoms with E-state index in [2.05, 4.69) is 133 Å². The fourth-order valence-corrected chi connectivity index (χ4v) is 6.56. The Bertz CT molecular complexity index is 745. The number of hydrogen-bond donors (Lipinski definition) is 0. The van der Waals surface area contributed by atoms with Crippen LogP contribution in [0.5, 0.6) is 0 Å². The van der Waals surface area contributed by atoms with Crippen molar-refractivity contribution in [2.24, 2.45) is 11.8 Å². The topological polar surface area (TPSA) is 44.8 Å². The summed E-state index contributed by atoms with van der Waals surface area (Å²) in [5.41, 5.74) is 1.23. The molecule has 4 nitrogen and oxygen atoms in total. The number of rotatable bonds is 12. The Morgan fingerprint density at radius 3 is 1.77 bits per heavy atom. The average molecular weight is 657 g/mol. The molecule has 0 aromatic carbocycles. The Morgan fingerprint density at radius 1 is 0.914 bits per heavy atom. The second-order valence-electron chi connectivity index (χ2n) is 12.9. The van der Waals surface area contributed by atoms with Crippen molar-refractivity contribution in [2.45, 2.75) is 124 Å². The largest absolute Gasteiger partial charge is 0.469 e. The average Bonchev–Trinajstić information content (AvgIpc) is 2.67. The number of carbonyl (C=O) groups excluding carboxylic acids is 1. The summed E-state index contributed by atoms with van der Waals surface area (Å²) >= 11 is 7.18. The van der Waals surface area contributed by atoms with E-state index in [1.54, 1.807) is 0 Å². The number of hydrogen-bond acceptors (Lipinski definition) is 4. The van der Waals surface area contributed by atoms with Gasteiger partial charge in [-0.3, -0.25) is 4.79 Å².